The van der Waals surface area contributed by atoms with Gasteiger partial charge < -0.3 is 15.0 Å². The van der Waals surface area contributed by atoms with Crippen molar-refractivity contribution in [2.75, 3.05) is 32.8 Å². The molecular formula is C16H26N4O2. The summed E-state index contributed by atoms with van der Waals surface area (Å²) in [5.41, 5.74) is 1.80. The Hall–Kier alpha value is -1.56. The maximum atomic E-state index is 12.4. The normalized spacial score (nSPS) is 25.0. The van der Waals surface area contributed by atoms with E-state index < -0.39 is 0 Å². The molecule has 2 atom stereocenters. The molecule has 3 heterocycles. The van der Waals surface area contributed by atoms with Crippen molar-refractivity contribution >= 4 is 5.91 Å². The molecule has 0 bridgehead atoms. The first kappa shape index (κ1) is 15.3. The number of fused-ring (bicyclic) bond motifs is 1. The molecule has 0 aliphatic carbocycles. The molecule has 0 saturated carbocycles. The molecule has 22 heavy (non-hydrogen) atoms. The lowest BCUT2D eigenvalue weighted by Crippen LogP contribution is -2.36. The number of nitrogens with zero attached hydrogens (tertiary/aromatic N) is 3. The molecule has 1 aromatic heterocycles. The van der Waals surface area contributed by atoms with Crippen LogP contribution in [0.5, 0.6) is 5.75 Å². The summed E-state index contributed by atoms with van der Waals surface area (Å²) in [4.78, 5) is 14.4. The van der Waals surface area contributed by atoms with E-state index in [0.717, 1.165) is 68.0 Å². The Morgan fingerprint density at radius 3 is 2.45 bits per heavy atom. The van der Waals surface area contributed by atoms with Crippen LogP contribution in [0, 0.1) is 25.7 Å². The van der Waals surface area contributed by atoms with Crippen LogP contribution in [-0.2, 0) is 11.8 Å². The minimum absolute atomic E-state index is 0.0931. The van der Waals surface area contributed by atoms with Gasteiger partial charge in [-0.2, -0.15) is 5.10 Å². The average Bonchev–Trinajstić information content (AvgIpc) is 2.96. The van der Waals surface area contributed by atoms with Crippen molar-refractivity contribution < 1.29 is 9.53 Å². The van der Waals surface area contributed by atoms with Crippen LogP contribution in [-0.4, -0.2) is 53.4 Å². The molecule has 6 heteroatoms. The lowest BCUT2D eigenvalue weighted by molar-refractivity contribution is -0.133. The maximum Gasteiger partial charge on any atom is 0.260 e. The van der Waals surface area contributed by atoms with Gasteiger partial charge in [0.15, 0.2) is 12.4 Å². The highest BCUT2D eigenvalue weighted by atomic mass is 16.5. The van der Waals surface area contributed by atoms with Crippen LogP contribution in [0.1, 0.15) is 24.2 Å². The van der Waals surface area contributed by atoms with E-state index in [1.54, 1.807) is 4.68 Å². The van der Waals surface area contributed by atoms with Crippen molar-refractivity contribution in [3.63, 3.8) is 0 Å². The van der Waals surface area contributed by atoms with Crippen molar-refractivity contribution in [1.29, 1.82) is 0 Å². The molecule has 3 rings (SSSR count). The summed E-state index contributed by atoms with van der Waals surface area (Å²) in [6, 6.07) is 0. The Labute approximate surface area is 131 Å². The number of nitrogens with one attached hydrogen (secondary N) is 1. The molecule has 0 aromatic carbocycles. The van der Waals surface area contributed by atoms with Gasteiger partial charge in [-0.3, -0.25) is 9.48 Å². The van der Waals surface area contributed by atoms with Crippen LogP contribution in [0.2, 0.25) is 0 Å². The highest BCUT2D eigenvalue weighted by Crippen LogP contribution is 2.27. The first-order chi connectivity index (χ1) is 10.6. The smallest absolute Gasteiger partial charge is 0.260 e. The Morgan fingerprint density at radius 1 is 1.27 bits per heavy atom. The first-order valence-electron chi connectivity index (χ1n) is 8.17. The Kier molecular flexibility index (Phi) is 4.38. The number of ether oxygens (including phenoxy) is 1. The summed E-state index contributed by atoms with van der Waals surface area (Å²) in [7, 11) is 1.89. The molecule has 1 aromatic rings. The molecule has 0 unspecified atom stereocenters. The van der Waals surface area contributed by atoms with Gasteiger partial charge in [-0.15, -0.1) is 0 Å². The van der Waals surface area contributed by atoms with E-state index in [4.69, 9.17) is 4.74 Å². The fraction of sp³-hybridized carbons (Fsp3) is 0.750. The van der Waals surface area contributed by atoms with Gasteiger partial charge in [0.05, 0.1) is 5.69 Å². The fourth-order valence-corrected chi connectivity index (χ4v) is 3.66. The van der Waals surface area contributed by atoms with E-state index in [1.165, 1.54) is 0 Å². The number of aryl methyl sites for hydroxylation is 2. The minimum Gasteiger partial charge on any atom is -0.480 e. The molecule has 6 nitrogen and oxygen atoms in total. The highest BCUT2D eigenvalue weighted by Gasteiger charge is 2.31. The van der Waals surface area contributed by atoms with E-state index in [1.807, 2.05) is 25.8 Å². The number of hydrogen-bond donors (Lipinski definition) is 1. The van der Waals surface area contributed by atoms with E-state index >= 15 is 0 Å². The third kappa shape index (κ3) is 2.97. The van der Waals surface area contributed by atoms with Crippen molar-refractivity contribution in [3.05, 3.63) is 11.4 Å². The van der Waals surface area contributed by atoms with E-state index in [0.29, 0.717) is 0 Å². The first-order valence-corrected chi connectivity index (χ1v) is 8.17. The van der Waals surface area contributed by atoms with Crippen LogP contribution in [0.25, 0.3) is 0 Å². The van der Waals surface area contributed by atoms with E-state index in [-0.39, 0.29) is 12.5 Å². The van der Waals surface area contributed by atoms with Crippen LogP contribution in [0.15, 0.2) is 0 Å². The minimum atomic E-state index is 0.0931. The summed E-state index contributed by atoms with van der Waals surface area (Å²) in [5, 5.41) is 7.77. The Bertz CT molecular complexity index is 541. The fourth-order valence-electron chi connectivity index (χ4n) is 3.66. The van der Waals surface area contributed by atoms with Gasteiger partial charge in [0.2, 0.25) is 0 Å². The number of hydrogen-bond acceptors (Lipinski definition) is 4. The Balaban J connectivity index is 1.55. The maximum absolute atomic E-state index is 12.4. The van der Waals surface area contributed by atoms with Crippen molar-refractivity contribution in [2.24, 2.45) is 18.9 Å². The van der Waals surface area contributed by atoms with Crippen LogP contribution in [0.4, 0.5) is 0 Å². The topological polar surface area (TPSA) is 59.4 Å². The number of carbonyl (C=O) groups excluding carboxylic acids is 1. The van der Waals surface area contributed by atoms with Crippen molar-refractivity contribution in [2.45, 2.75) is 26.7 Å². The lowest BCUT2D eigenvalue weighted by Gasteiger charge is -2.21. The summed E-state index contributed by atoms with van der Waals surface area (Å²) >= 11 is 0. The SMILES string of the molecule is Cc1nn(C)c(C)c1OCC(=O)N1CC[C@@H]2CNC[C@@H]2CC1. The lowest BCUT2D eigenvalue weighted by atomic mass is 9.92. The van der Waals surface area contributed by atoms with Crippen molar-refractivity contribution in [3.8, 4) is 5.75 Å². The number of likely N-dealkylation sites (tertiary alicyclic amines) is 1. The molecule has 2 aliphatic heterocycles. The van der Waals surface area contributed by atoms with Crippen LogP contribution >= 0.6 is 0 Å². The van der Waals surface area contributed by atoms with Crippen LogP contribution < -0.4 is 10.1 Å². The van der Waals surface area contributed by atoms with Gasteiger partial charge in [-0.25, -0.2) is 0 Å². The zero-order valence-corrected chi connectivity index (χ0v) is 13.8. The summed E-state index contributed by atoms with van der Waals surface area (Å²) in [6.45, 7) is 7.91. The van der Waals surface area contributed by atoms with Crippen molar-refractivity contribution in [1.82, 2.24) is 20.0 Å². The summed E-state index contributed by atoms with van der Waals surface area (Å²) < 4.78 is 7.54. The van der Waals surface area contributed by atoms with E-state index in [2.05, 4.69) is 10.4 Å². The predicted molar refractivity (Wildman–Crippen MR) is 83.8 cm³/mol. The molecule has 0 spiro atoms. The second kappa shape index (κ2) is 6.28. The second-order valence-corrected chi connectivity index (χ2v) is 6.55. The molecule has 2 aliphatic rings. The van der Waals surface area contributed by atoms with E-state index in [9.17, 15) is 4.79 Å². The molecule has 2 fully saturated rings. The Morgan fingerprint density at radius 2 is 1.91 bits per heavy atom. The summed E-state index contributed by atoms with van der Waals surface area (Å²) in [5.74, 6) is 2.31. The number of rotatable bonds is 3. The molecule has 0 radical (unpaired) electrons. The number of amides is 1. The quantitative estimate of drug-likeness (QED) is 0.900. The second-order valence-electron chi connectivity index (χ2n) is 6.55. The van der Waals surface area contributed by atoms with Gasteiger partial charge in [-0.1, -0.05) is 0 Å². The summed E-state index contributed by atoms with van der Waals surface area (Å²) in [6.07, 6.45) is 2.21. The highest BCUT2D eigenvalue weighted by molar-refractivity contribution is 5.77. The van der Waals surface area contributed by atoms with Gasteiger partial charge in [-0.05, 0) is 51.6 Å². The largest absolute Gasteiger partial charge is 0.480 e. The third-order valence-electron chi connectivity index (χ3n) is 5.15. The molecule has 1 N–H and O–H groups in total. The molecule has 1 amide bonds. The molecule has 122 valence electrons. The van der Waals surface area contributed by atoms with Gasteiger partial charge in [0.25, 0.3) is 5.91 Å². The standard InChI is InChI=1S/C16H26N4O2/c1-11-16(12(2)19(3)18-11)22-10-15(21)20-6-4-13-8-17-9-14(13)5-7-20/h13-14,17H,4-10H2,1-3H3/t13-,14+. The van der Waals surface area contributed by atoms with Crippen LogP contribution in [0.3, 0.4) is 0 Å². The average molecular weight is 306 g/mol. The zero-order valence-electron chi connectivity index (χ0n) is 13.8. The number of aromatic nitrogens is 2. The predicted octanol–water partition coefficient (Wildman–Crippen LogP) is 0.874. The monoisotopic (exact) mass is 306 g/mol. The molecule has 2 saturated heterocycles. The van der Waals surface area contributed by atoms with Gasteiger partial charge in [0.1, 0.15) is 5.69 Å². The third-order valence-corrected chi connectivity index (χ3v) is 5.15. The number of carbonyl (C=O) groups is 1. The van der Waals surface area contributed by atoms with Gasteiger partial charge >= 0.3 is 0 Å². The molecular weight excluding hydrogens is 280 g/mol. The zero-order chi connectivity index (χ0) is 15.7. The van der Waals surface area contributed by atoms with Gasteiger partial charge in [0, 0.05) is 20.1 Å².